The summed E-state index contributed by atoms with van der Waals surface area (Å²) in [6.45, 7) is 1.88. The molecule has 0 bridgehead atoms. The number of fused-ring (bicyclic) bond motifs is 1. The lowest BCUT2D eigenvalue weighted by molar-refractivity contribution is -0.0436. The molecule has 3 rings (SSSR count). The number of benzene rings is 2. The van der Waals surface area contributed by atoms with Crippen LogP contribution in [-0.4, -0.2) is 25.9 Å². The van der Waals surface area contributed by atoms with Gasteiger partial charge in [0.2, 0.25) is 0 Å². The van der Waals surface area contributed by atoms with Crippen LogP contribution in [0.25, 0.3) is 0 Å². The highest BCUT2D eigenvalue weighted by molar-refractivity contribution is 7.92. The number of carbonyl (C=O) groups excluding carboxylic acids is 1. The Morgan fingerprint density at radius 3 is 2.28 bits per heavy atom. The van der Waals surface area contributed by atoms with Gasteiger partial charge in [-0.15, -0.1) is 0 Å². The second-order valence-electron chi connectivity index (χ2n) is 5.83. The van der Waals surface area contributed by atoms with Crippen LogP contribution in [0.4, 0.5) is 18.9 Å². The van der Waals surface area contributed by atoms with Crippen LogP contribution >= 0.6 is 0 Å². The highest BCUT2D eigenvalue weighted by Crippen LogP contribution is 2.34. The van der Waals surface area contributed by atoms with Crippen LogP contribution in [0.5, 0.6) is 0 Å². The summed E-state index contributed by atoms with van der Waals surface area (Å²) in [6.07, 6.45) is 0.683. The second-order valence-corrected chi connectivity index (χ2v) is 7.77. The first-order chi connectivity index (χ1) is 11.6. The fraction of sp³-hybridized carbons (Fsp3) is 0.235. The number of amides is 1. The molecule has 8 heteroatoms. The largest absolute Gasteiger partial charge is 0.501 e. The fourth-order valence-electron chi connectivity index (χ4n) is 2.92. The number of anilines is 1. The number of nitrogens with zero attached hydrogens (tertiary/aromatic N) is 1. The molecule has 0 saturated carbocycles. The van der Waals surface area contributed by atoms with Crippen molar-refractivity contribution in [2.45, 2.75) is 29.8 Å². The molecule has 0 saturated heterocycles. The molecular formula is C17H14F3NO3S. The van der Waals surface area contributed by atoms with Crippen molar-refractivity contribution in [3.8, 4) is 0 Å². The molecule has 1 unspecified atom stereocenters. The van der Waals surface area contributed by atoms with Gasteiger partial charge in [0.15, 0.2) is 0 Å². The lowest BCUT2D eigenvalue weighted by atomic mass is 10.1. The minimum atomic E-state index is -5.42. The Kier molecular flexibility index (Phi) is 4.10. The summed E-state index contributed by atoms with van der Waals surface area (Å²) >= 11 is 0. The van der Waals surface area contributed by atoms with E-state index in [4.69, 9.17) is 0 Å². The molecule has 1 amide bonds. The Hall–Kier alpha value is -2.35. The molecule has 2 aromatic rings. The topological polar surface area (TPSA) is 54.5 Å². The van der Waals surface area contributed by atoms with Gasteiger partial charge in [0.25, 0.3) is 15.7 Å². The van der Waals surface area contributed by atoms with Gasteiger partial charge >= 0.3 is 5.51 Å². The summed E-state index contributed by atoms with van der Waals surface area (Å²) in [7, 11) is -5.42. The maximum absolute atomic E-state index is 12.7. The Labute approximate surface area is 142 Å². The molecule has 0 radical (unpaired) electrons. The summed E-state index contributed by atoms with van der Waals surface area (Å²) in [4.78, 5) is 13.4. The molecule has 1 heterocycles. The maximum atomic E-state index is 12.7. The fourth-order valence-corrected chi connectivity index (χ4v) is 3.69. The van der Waals surface area contributed by atoms with Crippen LogP contribution in [0.15, 0.2) is 53.4 Å². The van der Waals surface area contributed by atoms with E-state index in [1.54, 1.807) is 17.0 Å². The van der Waals surface area contributed by atoms with E-state index in [2.05, 4.69) is 0 Å². The zero-order chi connectivity index (χ0) is 18.4. The van der Waals surface area contributed by atoms with E-state index in [9.17, 15) is 26.4 Å². The van der Waals surface area contributed by atoms with Crippen LogP contribution in [-0.2, 0) is 16.3 Å². The third-order valence-electron chi connectivity index (χ3n) is 4.14. The maximum Gasteiger partial charge on any atom is 0.501 e. The molecule has 25 heavy (non-hydrogen) atoms. The number of rotatable bonds is 2. The SMILES string of the molecule is CC1Cc2ccccc2N1C(=O)c1ccc(S(=O)(=O)C(F)(F)F)cc1. The zero-order valence-corrected chi connectivity index (χ0v) is 13.9. The number of carbonyl (C=O) groups is 1. The van der Waals surface area contributed by atoms with Gasteiger partial charge in [-0.05, 0) is 49.2 Å². The minimum Gasteiger partial charge on any atom is -0.305 e. The van der Waals surface area contributed by atoms with Crippen LogP contribution in [0, 0.1) is 0 Å². The summed E-state index contributed by atoms with van der Waals surface area (Å²) in [6, 6.07) is 11.1. The zero-order valence-electron chi connectivity index (χ0n) is 13.1. The lowest BCUT2D eigenvalue weighted by Crippen LogP contribution is -2.35. The van der Waals surface area contributed by atoms with E-state index < -0.39 is 20.2 Å². The Morgan fingerprint density at radius 1 is 1.08 bits per heavy atom. The van der Waals surface area contributed by atoms with Gasteiger partial charge in [-0.2, -0.15) is 13.2 Å². The molecule has 0 N–H and O–H groups in total. The van der Waals surface area contributed by atoms with Crippen molar-refractivity contribution >= 4 is 21.4 Å². The first-order valence-corrected chi connectivity index (χ1v) is 8.94. The minimum absolute atomic E-state index is 0.0940. The van der Waals surface area contributed by atoms with E-state index in [0.29, 0.717) is 6.42 Å². The molecule has 132 valence electrons. The van der Waals surface area contributed by atoms with Gasteiger partial charge in [-0.3, -0.25) is 4.79 Å². The van der Waals surface area contributed by atoms with E-state index >= 15 is 0 Å². The van der Waals surface area contributed by atoms with E-state index in [-0.39, 0.29) is 17.5 Å². The van der Waals surface area contributed by atoms with Crippen molar-refractivity contribution in [2.24, 2.45) is 0 Å². The van der Waals surface area contributed by atoms with E-state index in [0.717, 1.165) is 35.5 Å². The number of sulfone groups is 1. The van der Waals surface area contributed by atoms with Gasteiger partial charge in [0.1, 0.15) is 0 Å². The number of hydrogen-bond acceptors (Lipinski definition) is 3. The summed E-state index contributed by atoms with van der Waals surface area (Å²) in [5, 5.41) is 0. The number of alkyl halides is 3. The smallest absolute Gasteiger partial charge is 0.305 e. The number of para-hydroxylation sites is 1. The predicted octanol–water partition coefficient (Wildman–Crippen LogP) is 3.57. The van der Waals surface area contributed by atoms with Gasteiger partial charge in [0.05, 0.1) is 4.90 Å². The molecule has 0 spiro atoms. The highest BCUT2D eigenvalue weighted by Gasteiger charge is 2.46. The van der Waals surface area contributed by atoms with Crippen molar-refractivity contribution < 1.29 is 26.4 Å². The molecule has 2 aromatic carbocycles. The Balaban J connectivity index is 1.93. The van der Waals surface area contributed by atoms with Crippen LogP contribution in [0.1, 0.15) is 22.8 Å². The van der Waals surface area contributed by atoms with E-state index in [1.807, 2.05) is 19.1 Å². The van der Waals surface area contributed by atoms with Crippen molar-refractivity contribution in [1.29, 1.82) is 0 Å². The summed E-state index contributed by atoms with van der Waals surface area (Å²) < 4.78 is 60.5. The van der Waals surface area contributed by atoms with Gasteiger partial charge in [-0.25, -0.2) is 8.42 Å². The molecule has 0 aliphatic carbocycles. The lowest BCUT2D eigenvalue weighted by Gasteiger charge is -2.23. The predicted molar refractivity (Wildman–Crippen MR) is 86.1 cm³/mol. The highest BCUT2D eigenvalue weighted by atomic mass is 32.2. The average Bonchev–Trinajstić information content (AvgIpc) is 2.89. The summed E-state index contributed by atoms with van der Waals surface area (Å²) in [5.74, 6) is -0.381. The molecule has 1 aliphatic heterocycles. The third-order valence-corrected chi connectivity index (χ3v) is 5.64. The quantitative estimate of drug-likeness (QED) is 0.813. The van der Waals surface area contributed by atoms with E-state index in [1.165, 1.54) is 0 Å². The van der Waals surface area contributed by atoms with Gasteiger partial charge < -0.3 is 4.90 Å². The first kappa shape index (κ1) is 17.5. The first-order valence-electron chi connectivity index (χ1n) is 7.46. The number of hydrogen-bond donors (Lipinski definition) is 0. The van der Waals surface area contributed by atoms with Crippen LogP contribution < -0.4 is 4.90 Å². The van der Waals surface area contributed by atoms with Crippen LogP contribution in [0.2, 0.25) is 0 Å². The monoisotopic (exact) mass is 369 g/mol. The molecule has 1 atom stereocenters. The molecular weight excluding hydrogens is 355 g/mol. The van der Waals surface area contributed by atoms with Crippen molar-refractivity contribution in [3.05, 3.63) is 59.7 Å². The van der Waals surface area contributed by atoms with Crippen LogP contribution in [0.3, 0.4) is 0 Å². The second kappa shape index (κ2) is 5.87. The van der Waals surface area contributed by atoms with Crippen molar-refractivity contribution in [2.75, 3.05) is 4.90 Å². The van der Waals surface area contributed by atoms with Gasteiger partial charge in [0, 0.05) is 17.3 Å². The summed E-state index contributed by atoms with van der Waals surface area (Å²) in [5.41, 5.74) is -3.47. The average molecular weight is 369 g/mol. The molecule has 0 aromatic heterocycles. The van der Waals surface area contributed by atoms with Crippen molar-refractivity contribution in [1.82, 2.24) is 0 Å². The Morgan fingerprint density at radius 2 is 1.68 bits per heavy atom. The standard InChI is InChI=1S/C17H14F3NO3S/c1-11-10-13-4-2-3-5-15(13)21(11)16(22)12-6-8-14(9-7-12)25(23,24)17(18,19)20/h2-9,11H,10H2,1H3. The third kappa shape index (κ3) is 2.90. The van der Waals surface area contributed by atoms with Crippen molar-refractivity contribution in [3.63, 3.8) is 0 Å². The molecule has 1 aliphatic rings. The van der Waals surface area contributed by atoms with Gasteiger partial charge in [-0.1, -0.05) is 18.2 Å². The molecule has 0 fully saturated rings. The molecule has 4 nitrogen and oxygen atoms in total. The normalized spacial score (nSPS) is 17.4. The number of halogens is 3. The Bertz CT molecular complexity index is 921.